The monoisotopic (exact) mass is 268 g/mol. The molecular weight excluding hydrogens is 256 g/mol. The van der Waals surface area contributed by atoms with Crippen LogP contribution in [0, 0.1) is 12.8 Å². The first-order chi connectivity index (χ1) is 7.18. The smallest absolute Gasteiger partial charge is 0.168 e. The third kappa shape index (κ3) is 2.29. The summed E-state index contributed by atoms with van der Waals surface area (Å²) in [5.41, 5.74) is 1.89. The van der Waals surface area contributed by atoms with Crippen molar-refractivity contribution in [1.82, 2.24) is 0 Å². The lowest BCUT2D eigenvalue weighted by Crippen LogP contribution is -2.14. The Hall–Kier alpha value is -0.670. The molecule has 1 saturated heterocycles. The molecule has 1 aromatic carbocycles. The zero-order valence-electron chi connectivity index (χ0n) is 8.63. The molecule has 0 bridgehead atoms. The summed E-state index contributed by atoms with van der Waals surface area (Å²) >= 11 is 3.43. The van der Waals surface area contributed by atoms with Crippen molar-refractivity contribution in [3.05, 3.63) is 33.8 Å². The molecule has 0 amide bonds. The molecule has 0 N–H and O–H groups in total. The highest BCUT2D eigenvalue weighted by Crippen LogP contribution is 2.22. The van der Waals surface area contributed by atoms with E-state index in [0.29, 0.717) is 13.2 Å². The van der Waals surface area contributed by atoms with Gasteiger partial charge in [-0.2, -0.15) is 0 Å². The second-order valence-corrected chi connectivity index (χ2v) is 4.74. The SMILES string of the molecule is Cc1cc(C(=O)C2CCOC2)ccc1Br. The Kier molecular flexibility index (Phi) is 3.22. The van der Waals surface area contributed by atoms with Gasteiger partial charge in [0, 0.05) is 22.6 Å². The highest BCUT2D eigenvalue weighted by molar-refractivity contribution is 9.10. The molecule has 1 aromatic rings. The van der Waals surface area contributed by atoms with E-state index in [0.717, 1.165) is 22.0 Å². The molecule has 1 atom stereocenters. The lowest BCUT2D eigenvalue weighted by Gasteiger charge is -2.07. The van der Waals surface area contributed by atoms with Gasteiger partial charge in [-0.1, -0.05) is 22.0 Å². The van der Waals surface area contributed by atoms with Crippen molar-refractivity contribution in [3.8, 4) is 0 Å². The van der Waals surface area contributed by atoms with E-state index in [1.54, 1.807) is 0 Å². The number of Topliss-reactive ketones (excluding diaryl/α,β-unsaturated/α-hetero) is 1. The number of halogens is 1. The van der Waals surface area contributed by atoms with Crippen LogP contribution in [0.25, 0.3) is 0 Å². The average molecular weight is 269 g/mol. The van der Waals surface area contributed by atoms with Gasteiger partial charge in [-0.05, 0) is 31.0 Å². The fourth-order valence-corrected chi connectivity index (χ4v) is 2.02. The van der Waals surface area contributed by atoms with E-state index in [-0.39, 0.29) is 11.7 Å². The van der Waals surface area contributed by atoms with Crippen molar-refractivity contribution in [3.63, 3.8) is 0 Å². The van der Waals surface area contributed by atoms with Crippen LogP contribution in [0.1, 0.15) is 22.3 Å². The maximum absolute atomic E-state index is 12.0. The summed E-state index contributed by atoms with van der Waals surface area (Å²) in [6, 6.07) is 5.74. The standard InChI is InChI=1S/C12H13BrO2/c1-8-6-9(2-3-11(8)13)12(14)10-4-5-15-7-10/h2-3,6,10H,4-5,7H2,1H3. The van der Waals surface area contributed by atoms with Crippen LogP contribution in [-0.4, -0.2) is 19.0 Å². The lowest BCUT2D eigenvalue weighted by molar-refractivity contribution is 0.0900. The molecular formula is C12H13BrO2. The van der Waals surface area contributed by atoms with Crippen LogP contribution in [0.2, 0.25) is 0 Å². The Morgan fingerprint density at radius 2 is 2.33 bits per heavy atom. The Labute approximate surface area is 97.8 Å². The fourth-order valence-electron chi connectivity index (χ4n) is 1.77. The van der Waals surface area contributed by atoms with Gasteiger partial charge in [-0.3, -0.25) is 4.79 Å². The Morgan fingerprint density at radius 3 is 2.93 bits per heavy atom. The number of carbonyl (C=O) groups is 1. The molecule has 1 aliphatic heterocycles. The van der Waals surface area contributed by atoms with E-state index in [2.05, 4.69) is 15.9 Å². The van der Waals surface area contributed by atoms with Gasteiger partial charge in [0.2, 0.25) is 0 Å². The molecule has 1 fully saturated rings. The van der Waals surface area contributed by atoms with Crippen molar-refractivity contribution in [2.75, 3.05) is 13.2 Å². The van der Waals surface area contributed by atoms with Crippen LogP contribution >= 0.6 is 15.9 Å². The van der Waals surface area contributed by atoms with E-state index in [4.69, 9.17) is 4.74 Å². The number of ether oxygens (including phenoxy) is 1. The number of carbonyl (C=O) groups excluding carboxylic acids is 1. The molecule has 1 heterocycles. The molecule has 15 heavy (non-hydrogen) atoms. The van der Waals surface area contributed by atoms with Crippen molar-refractivity contribution >= 4 is 21.7 Å². The zero-order chi connectivity index (χ0) is 10.8. The quantitative estimate of drug-likeness (QED) is 0.771. The summed E-state index contributed by atoms with van der Waals surface area (Å²) in [6.07, 6.45) is 0.855. The van der Waals surface area contributed by atoms with Crippen LogP contribution in [-0.2, 0) is 4.74 Å². The number of ketones is 1. The summed E-state index contributed by atoms with van der Waals surface area (Å²) in [5, 5.41) is 0. The fraction of sp³-hybridized carbons (Fsp3) is 0.417. The van der Waals surface area contributed by atoms with Crippen molar-refractivity contribution in [1.29, 1.82) is 0 Å². The van der Waals surface area contributed by atoms with Gasteiger partial charge in [0.05, 0.1) is 6.61 Å². The molecule has 0 aromatic heterocycles. The maximum atomic E-state index is 12.0. The first kappa shape index (κ1) is 10.8. The summed E-state index contributed by atoms with van der Waals surface area (Å²) in [6.45, 7) is 3.28. The third-order valence-corrected chi connectivity index (χ3v) is 3.63. The third-order valence-electron chi connectivity index (χ3n) is 2.74. The predicted octanol–water partition coefficient (Wildman–Crippen LogP) is 2.98. The van der Waals surface area contributed by atoms with Crippen LogP contribution in [0.4, 0.5) is 0 Å². The van der Waals surface area contributed by atoms with E-state index in [9.17, 15) is 4.79 Å². The van der Waals surface area contributed by atoms with Crippen LogP contribution in [0.5, 0.6) is 0 Å². The first-order valence-electron chi connectivity index (χ1n) is 5.06. The minimum absolute atomic E-state index is 0.0607. The lowest BCUT2D eigenvalue weighted by atomic mass is 9.96. The molecule has 80 valence electrons. The van der Waals surface area contributed by atoms with Crippen LogP contribution in [0.3, 0.4) is 0 Å². The molecule has 0 radical (unpaired) electrons. The zero-order valence-corrected chi connectivity index (χ0v) is 10.2. The van der Waals surface area contributed by atoms with Crippen molar-refractivity contribution < 1.29 is 9.53 Å². The predicted molar refractivity (Wildman–Crippen MR) is 62.1 cm³/mol. The Balaban J connectivity index is 2.21. The van der Waals surface area contributed by atoms with Crippen LogP contribution < -0.4 is 0 Å². The minimum atomic E-state index is 0.0607. The average Bonchev–Trinajstić information content (AvgIpc) is 2.74. The van der Waals surface area contributed by atoms with E-state index in [1.807, 2.05) is 25.1 Å². The summed E-state index contributed by atoms with van der Waals surface area (Å²) in [4.78, 5) is 12.0. The number of benzene rings is 1. The Morgan fingerprint density at radius 1 is 1.53 bits per heavy atom. The summed E-state index contributed by atoms with van der Waals surface area (Å²) in [5.74, 6) is 0.272. The van der Waals surface area contributed by atoms with Gasteiger partial charge in [0.25, 0.3) is 0 Å². The molecule has 0 saturated carbocycles. The largest absolute Gasteiger partial charge is 0.381 e. The number of aryl methyl sites for hydroxylation is 1. The van der Waals surface area contributed by atoms with E-state index < -0.39 is 0 Å². The van der Waals surface area contributed by atoms with Gasteiger partial charge in [-0.15, -0.1) is 0 Å². The van der Waals surface area contributed by atoms with Gasteiger partial charge < -0.3 is 4.74 Å². The summed E-state index contributed by atoms with van der Waals surface area (Å²) in [7, 11) is 0. The molecule has 0 aliphatic carbocycles. The van der Waals surface area contributed by atoms with Gasteiger partial charge >= 0.3 is 0 Å². The second kappa shape index (κ2) is 4.45. The molecule has 2 nitrogen and oxygen atoms in total. The van der Waals surface area contributed by atoms with E-state index >= 15 is 0 Å². The number of hydrogen-bond acceptors (Lipinski definition) is 2. The topological polar surface area (TPSA) is 26.3 Å². The van der Waals surface area contributed by atoms with Crippen molar-refractivity contribution in [2.24, 2.45) is 5.92 Å². The molecule has 1 unspecified atom stereocenters. The molecule has 2 rings (SSSR count). The molecule has 1 aliphatic rings. The second-order valence-electron chi connectivity index (χ2n) is 3.89. The highest BCUT2D eigenvalue weighted by Gasteiger charge is 2.24. The number of rotatable bonds is 2. The highest BCUT2D eigenvalue weighted by atomic mass is 79.9. The summed E-state index contributed by atoms with van der Waals surface area (Å²) < 4.78 is 6.27. The minimum Gasteiger partial charge on any atom is -0.381 e. The maximum Gasteiger partial charge on any atom is 0.168 e. The van der Waals surface area contributed by atoms with Gasteiger partial charge in [0.1, 0.15) is 0 Å². The van der Waals surface area contributed by atoms with E-state index in [1.165, 1.54) is 0 Å². The first-order valence-corrected chi connectivity index (χ1v) is 5.86. The number of hydrogen-bond donors (Lipinski definition) is 0. The van der Waals surface area contributed by atoms with Gasteiger partial charge in [-0.25, -0.2) is 0 Å². The molecule has 0 spiro atoms. The van der Waals surface area contributed by atoms with Gasteiger partial charge in [0.15, 0.2) is 5.78 Å². The molecule has 3 heteroatoms. The van der Waals surface area contributed by atoms with Crippen molar-refractivity contribution in [2.45, 2.75) is 13.3 Å². The van der Waals surface area contributed by atoms with Crippen LogP contribution in [0.15, 0.2) is 22.7 Å². The Bertz CT molecular complexity index is 381. The normalized spacial score (nSPS) is 20.5.